The molecule has 1 saturated heterocycles. The monoisotopic (exact) mass is 303 g/mol. The maximum Gasteiger partial charge on any atom is 0.417 e. The van der Waals surface area contributed by atoms with Gasteiger partial charge in [0.1, 0.15) is 6.61 Å². The van der Waals surface area contributed by atoms with E-state index in [1.165, 1.54) is 10.5 Å². The smallest absolute Gasteiger partial charge is 0.417 e. The summed E-state index contributed by atoms with van der Waals surface area (Å²) in [4.78, 5) is 25.9. The number of hydrogen-bond donors (Lipinski definition) is 0. The zero-order valence-corrected chi connectivity index (χ0v) is 14.0. The molecule has 0 N–H and O–H groups in total. The number of cyclic esters (lactones) is 1. The fourth-order valence-electron chi connectivity index (χ4n) is 2.70. The number of nitrogens with zero attached hydrogens (tertiary/aromatic N) is 1. The number of hydrogen-bond acceptors (Lipinski definition) is 3. The molecule has 1 fully saturated rings. The molecule has 0 aliphatic carbocycles. The van der Waals surface area contributed by atoms with Crippen molar-refractivity contribution in [1.82, 2.24) is 4.90 Å². The van der Waals surface area contributed by atoms with Crippen LogP contribution >= 0.6 is 0 Å². The Bertz CT molecular complexity index is 548. The fourth-order valence-corrected chi connectivity index (χ4v) is 2.70. The first-order valence-corrected chi connectivity index (χ1v) is 7.92. The van der Waals surface area contributed by atoms with Gasteiger partial charge in [0.2, 0.25) is 5.91 Å². The van der Waals surface area contributed by atoms with Gasteiger partial charge in [0.05, 0.1) is 12.0 Å². The van der Waals surface area contributed by atoms with E-state index in [9.17, 15) is 9.59 Å². The average Bonchev–Trinajstić information content (AvgIpc) is 2.87. The summed E-state index contributed by atoms with van der Waals surface area (Å²) < 4.78 is 5.06. The van der Waals surface area contributed by atoms with Crippen LogP contribution in [0.1, 0.15) is 57.6 Å². The molecule has 1 aromatic rings. The highest BCUT2D eigenvalue weighted by Crippen LogP contribution is 2.27. The van der Waals surface area contributed by atoms with Crippen LogP contribution in [0.25, 0.3) is 0 Å². The van der Waals surface area contributed by atoms with Gasteiger partial charge in [-0.15, -0.1) is 0 Å². The van der Waals surface area contributed by atoms with Gasteiger partial charge in [-0.3, -0.25) is 4.79 Å². The molecule has 2 rings (SSSR count). The molecule has 1 heterocycles. The fraction of sp³-hybridized carbons (Fsp3) is 0.556. The van der Waals surface area contributed by atoms with Crippen LogP contribution in [0.3, 0.4) is 0 Å². The highest BCUT2D eigenvalue weighted by Gasteiger charge is 2.41. The lowest BCUT2D eigenvalue weighted by molar-refractivity contribution is -0.131. The van der Waals surface area contributed by atoms with E-state index < -0.39 is 6.09 Å². The molecule has 120 valence electrons. The Labute approximate surface area is 132 Å². The van der Waals surface area contributed by atoms with E-state index in [-0.39, 0.29) is 23.8 Å². The molecule has 22 heavy (non-hydrogen) atoms. The van der Waals surface area contributed by atoms with Crippen LogP contribution < -0.4 is 0 Å². The molecule has 2 amide bonds. The van der Waals surface area contributed by atoms with Crippen molar-refractivity contribution in [2.75, 3.05) is 6.61 Å². The number of carbonyl (C=O) groups is 2. The number of carbonyl (C=O) groups excluding carboxylic acids is 2. The van der Waals surface area contributed by atoms with Crippen LogP contribution in [0.4, 0.5) is 4.79 Å². The quantitative estimate of drug-likeness (QED) is 0.847. The van der Waals surface area contributed by atoms with Gasteiger partial charge in [-0.1, -0.05) is 52.0 Å². The van der Waals surface area contributed by atoms with E-state index in [1.54, 1.807) is 0 Å². The first-order valence-electron chi connectivity index (χ1n) is 7.92. The van der Waals surface area contributed by atoms with Crippen LogP contribution in [-0.2, 0) is 9.53 Å². The number of benzene rings is 1. The zero-order chi connectivity index (χ0) is 16.4. The second-order valence-electron chi connectivity index (χ2n) is 6.64. The van der Waals surface area contributed by atoms with Crippen molar-refractivity contribution in [3.05, 3.63) is 35.4 Å². The van der Waals surface area contributed by atoms with E-state index in [0.717, 1.165) is 5.56 Å². The molecule has 2 atom stereocenters. The SMILES string of the molecule is CC(C)c1ccc([C@H](C)C(=O)N2C(=O)OC[C@@H]2C(C)C)cc1. The molecule has 0 radical (unpaired) electrons. The summed E-state index contributed by atoms with van der Waals surface area (Å²) in [6.07, 6.45) is -0.519. The van der Waals surface area contributed by atoms with E-state index in [1.807, 2.05) is 45.0 Å². The Balaban J connectivity index is 2.19. The van der Waals surface area contributed by atoms with Crippen molar-refractivity contribution in [1.29, 1.82) is 0 Å². The lowest BCUT2D eigenvalue weighted by Gasteiger charge is -2.25. The largest absolute Gasteiger partial charge is 0.447 e. The molecule has 0 spiro atoms. The second kappa shape index (κ2) is 6.51. The number of rotatable bonds is 4. The Kier molecular flexibility index (Phi) is 4.89. The molecule has 0 aromatic heterocycles. The van der Waals surface area contributed by atoms with E-state index >= 15 is 0 Å². The minimum absolute atomic E-state index is 0.169. The highest BCUT2D eigenvalue weighted by atomic mass is 16.6. The summed E-state index contributed by atoms with van der Waals surface area (Å²) in [6.45, 7) is 10.4. The third-order valence-corrected chi connectivity index (χ3v) is 4.39. The van der Waals surface area contributed by atoms with E-state index in [0.29, 0.717) is 12.5 Å². The molecule has 1 aliphatic rings. The van der Waals surface area contributed by atoms with Crippen molar-refractivity contribution < 1.29 is 14.3 Å². The van der Waals surface area contributed by atoms with Crippen molar-refractivity contribution in [2.45, 2.75) is 52.5 Å². The highest BCUT2D eigenvalue weighted by molar-refractivity contribution is 5.97. The Hall–Kier alpha value is -1.84. The molecular weight excluding hydrogens is 278 g/mol. The van der Waals surface area contributed by atoms with Crippen molar-refractivity contribution >= 4 is 12.0 Å². The van der Waals surface area contributed by atoms with Crippen molar-refractivity contribution in [3.63, 3.8) is 0 Å². The number of ether oxygens (including phenoxy) is 1. The van der Waals surface area contributed by atoms with E-state index in [2.05, 4.69) is 13.8 Å². The summed E-state index contributed by atoms with van der Waals surface area (Å²) in [6, 6.07) is 7.88. The number of amides is 2. The van der Waals surface area contributed by atoms with Gasteiger partial charge in [-0.2, -0.15) is 0 Å². The van der Waals surface area contributed by atoms with Crippen LogP contribution in [-0.4, -0.2) is 29.5 Å². The van der Waals surface area contributed by atoms with Crippen LogP contribution in [0.2, 0.25) is 0 Å². The van der Waals surface area contributed by atoms with Gasteiger partial charge >= 0.3 is 6.09 Å². The summed E-state index contributed by atoms with van der Waals surface area (Å²) in [7, 11) is 0. The molecule has 0 saturated carbocycles. The van der Waals surface area contributed by atoms with Crippen molar-refractivity contribution in [2.24, 2.45) is 5.92 Å². The van der Waals surface area contributed by atoms with Gasteiger partial charge in [-0.05, 0) is 29.9 Å². The van der Waals surface area contributed by atoms with Gasteiger partial charge in [0.15, 0.2) is 0 Å². The van der Waals surface area contributed by atoms with Gasteiger partial charge < -0.3 is 4.74 Å². The van der Waals surface area contributed by atoms with E-state index in [4.69, 9.17) is 4.74 Å². The second-order valence-corrected chi connectivity index (χ2v) is 6.64. The molecule has 4 nitrogen and oxygen atoms in total. The zero-order valence-electron chi connectivity index (χ0n) is 14.0. The Morgan fingerprint density at radius 2 is 1.64 bits per heavy atom. The Morgan fingerprint density at radius 1 is 1.09 bits per heavy atom. The Morgan fingerprint density at radius 3 is 2.14 bits per heavy atom. The number of imide groups is 1. The topological polar surface area (TPSA) is 46.6 Å². The molecule has 1 aliphatic heterocycles. The third kappa shape index (κ3) is 3.16. The average molecular weight is 303 g/mol. The molecule has 4 heteroatoms. The predicted molar refractivity (Wildman–Crippen MR) is 85.8 cm³/mol. The standard InChI is InChI=1S/C18H25NO3/c1-11(2)14-6-8-15(9-7-14)13(5)17(20)19-16(12(3)4)10-22-18(19)21/h6-9,11-13,16H,10H2,1-5H3/t13-,16+/m0/s1. The van der Waals surface area contributed by atoms with Crippen molar-refractivity contribution in [3.8, 4) is 0 Å². The minimum atomic E-state index is -0.519. The summed E-state index contributed by atoms with van der Waals surface area (Å²) >= 11 is 0. The van der Waals surface area contributed by atoms with Gasteiger partial charge in [0.25, 0.3) is 0 Å². The van der Waals surface area contributed by atoms with Crippen LogP contribution in [0.5, 0.6) is 0 Å². The first-order chi connectivity index (χ1) is 10.3. The summed E-state index contributed by atoms with van der Waals surface area (Å²) in [5, 5.41) is 0. The summed E-state index contributed by atoms with van der Waals surface area (Å²) in [5.41, 5.74) is 2.17. The normalized spacial score (nSPS) is 19.7. The summed E-state index contributed by atoms with van der Waals surface area (Å²) in [5.74, 6) is 0.108. The van der Waals surface area contributed by atoms with Gasteiger partial charge in [0, 0.05) is 0 Å². The molecule has 0 unspecified atom stereocenters. The minimum Gasteiger partial charge on any atom is -0.447 e. The molecule has 0 bridgehead atoms. The lowest BCUT2D eigenvalue weighted by atomic mass is 9.94. The van der Waals surface area contributed by atoms with Crippen LogP contribution in [0.15, 0.2) is 24.3 Å². The lowest BCUT2D eigenvalue weighted by Crippen LogP contribution is -2.43. The van der Waals surface area contributed by atoms with Crippen LogP contribution in [0, 0.1) is 5.92 Å². The first kappa shape index (κ1) is 16.5. The predicted octanol–water partition coefficient (Wildman–Crippen LogP) is 3.92. The molecule has 1 aromatic carbocycles. The maximum absolute atomic E-state index is 12.7. The molecular formula is C18H25NO3. The maximum atomic E-state index is 12.7. The van der Waals surface area contributed by atoms with Gasteiger partial charge in [-0.25, -0.2) is 9.69 Å². The third-order valence-electron chi connectivity index (χ3n) is 4.39.